The van der Waals surface area contributed by atoms with E-state index in [2.05, 4.69) is 32.7 Å². The third-order valence-electron chi connectivity index (χ3n) is 4.76. The second kappa shape index (κ2) is 9.30. The number of benzene rings is 1. The van der Waals surface area contributed by atoms with Crippen molar-refractivity contribution < 1.29 is 9.59 Å². The van der Waals surface area contributed by atoms with Gasteiger partial charge in [0.1, 0.15) is 0 Å². The Morgan fingerprint density at radius 3 is 2.83 bits per heavy atom. The highest BCUT2D eigenvalue weighted by molar-refractivity contribution is 7.16. The first-order valence-corrected chi connectivity index (χ1v) is 11.3. The first-order valence-electron chi connectivity index (χ1n) is 9.52. The molecule has 0 fully saturated rings. The number of carbonyl (C=O) groups is 2. The lowest BCUT2D eigenvalue weighted by atomic mass is 10.1. The van der Waals surface area contributed by atoms with Gasteiger partial charge in [0.15, 0.2) is 5.13 Å². The topological polar surface area (TPSA) is 74.3 Å². The van der Waals surface area contributed by atoms with Gasteiger partial charge in [-0.25, -0.2) is 4.98 Å². The van der Waals surface area contributed by atoms with E-state index in [9.17, 15) is 9.59 Å². The molecule has 1 aliphatic rings. The van der Waals surface area contributed by atoms with E-state index in [1.54, 1.807) is 6.07 Å². The van der Waals surface area contributed by atoms with Crippen LogP contribution >= 0.6 is 22.7 Å². The Morgan fingerprint density at radius 1 is 1.17 bits per heavy atom. The summed E-state index contributed by atoms with van der Waals surface area (Å²) in [5.41, 5.74) is 2.89. The van der Waals surface area contributed by atoms with Gasteiger partial charge in [-0.1, -0.05) is 30.3 Å². The van der Waals surface area contributed by atoms with Gasteiger partial charge >= 0.3 is 0 Å². The quantitative estimate of drug-likeness (QED) is 0.609. The highest BCUT2D eigenvalue weighted by atomic mass is 32.1. The number of carbonyl (C=O) groups excluding carboxylic acids is 2. The molecule has 0 radical (unpaired) electrons. The van der Waals surface area contributed by atoms with E-state index >= 15 is 0 Å². The summed E-state index contributed by atoms with van der Waals surface area (Å²) in [6.45, 7) is 2.50. The molecule has 0 aliphatic carbocycles. The number of hydrogen-bond donors (Lipinski definition) is 2. The van der Waals surface area contributed by atoms with Crippen LogP contribution < -0.4 is 10.6 Å². The van der Waals surface area contributed by atoms with Crippen LogP contribution in [0.3, 0.4) is 0 Å². The first-order chi connectivity index (χ1) is 14.2. The number of nitrogens with one attached hydrogen (secondary N) is 2. The van der Waals surface area contributed by atoms with E-state index in [1.165, 1.54) is 28.2 Å². The molecule has 0 saturated carbocycles. The molecule has 6 nitrogen and oxygen atoms in total. The largest absolute Gasteiger partial charge is 0.355 e. The predicted octanol–water partition coefficient (Wildman–Crippen LogP) is 3.17. The molecule has 0 bridgehead atoms. The number of nitrogens with zero attached hydrogens (tertiary/aromatic N) is 2. The van der Waals surface area contributed by atoms with Crippen LogP contribution in [0.1, 0.15) is 26.5 Å². The molecule has 0 spiro atoms. The maximum atomic E-state index is 12.3. The summed E-state index contributed by atoms with van der Waals surface area (Å²) in [5.74, 6) is -0.0909. The fourth-order valence-electron chi connectivity index (χ4n) is 3.25. The molecule has 2 amide bonds. The number of amides is 2. The van der Waals surface area contributed by atoms with Crippen molar-refractivity contribution in [1.29, 1.82) is 0 Å². The Balaban J connectivity index is 1.25. The molecule has 2 N–H and O–H groups in total. The minimum absolute atomic E-state index is 0.0416. The normalized spacial score (nSPS) is 13.7. The zero-order chi connectivity index (χ0) is 20.1. The first kappa shape index (κ1) is 19.8. The molecular formula is C21H22N4O2S2. The lowest BCUT2D eigenvalue weighted by Crippen LogP contribution is -2.40. The fraction of sp³-hybridized carbons (Fsp3) is 0.286. The number of thiophene rings is 1. The van der Waals surface area contributed by atoms with E-state index in [4.69, 9.17) is 0 Å². The molecule has 8 heteroatoms. The van der Waals surface area contributed by atoms with Crippen LogP contribution in [0.25, 0.3) is 0 Å². The molecule has 2 aromatic heterocycles. The Kier molecular flexibility index (Phi) is 6.33. The summed E-state index contributed by atoms with van der Waals surface area (Å²) in [6, 6.07) is 11.9. The van der Waals surface area contributed by atoms with Crippen molar-refractivity contribution in [2.45, 2.75) is 19.4 Å². The number of aromatic nitrogens is 1. The van der Waals surface area contributed by atoms with Gasteiger partial charge in [0.05, 0.1) is 17.8 Å². The summed E-state index contributed by atoms with van der Waals surface area (Å²) in [6.07, 6.45) is 1.62. The van der Waals surface area contributed by atoms with Crippen molar-refractivity contribution >= 4 is 39.6 Å². The number of hydrogen-bond acceptors (Lipinski definition) is 6. The SMILES string of the molecule is O=C(CN1CCc2nc(NC(=O)c3ccsc3)sc2C1)NCCc1ccccc1. The smallest absolute Gasteiger partial charge is 0.258 e. The molecular weight excluding hydrogens is 404 g/mol. The second-order valence-corrected chi connectivity index (χ2v) is 8.76. The molecule has 150 valence electrons. The van der Waals surface area contributed by atoms with Gasteiger partial charge < -0.3 is 5.32 Å². The minimum Gasteiger partial charge on any atom is -0.355 e. The van der Waals surface area contributed by atoms with Gasteiger partial charge in [0.2, 0.25) is 5.91 Å². The van der Waals surface area contributed by atoms with E-state index < -0.39 is 0 Å². The Hall–Kier alpha value is -2.55. The highest BCUT2D eigenvalue weighted by Gasteiger charge is 2.23. The van der Waals surface area contributed by atoms with Crippen LogP contribution in [-0.2, 0) is 24.2 Å². The fourth-order valence-corrected chi connectivity index (χ4v) is 4.93. The van der Waals surface area contributed by atoms with Gasteiger partial charge in [-0.05, 0) is 23.4 Å². The standard InChI is InChI=1S/C21H22N4O2S2/c26-19(22-9-6-15-4-2-1-3-5-15)13-25-10-7-17-18(12-25)29-21(23-17)24-20(27)16-8-11-28-14-16/h1-5,8,11,14H,6-7,9-10,12-13H2,(H,22,26)(H,23,24,27). The molecule has 3 heterocycles. The van der Waals surface area contributed by atoms with Gasteiger partial charge in [-0.15, -0.1) is 11.3 Å². The maximum absolute atomic E-state index is 12.3. The number of thiazole rings is 1. The molecule has 1 aliphatic heterocycles. The third-order valence-corrected chi connectivity index (χ3v) is 6.44. The van der Waals surface area contributed by atoms with Crippen LogP contribution in [0.4, 0.5) is 5.13 Å². The van der Waals surface area contributed by atoms with E-state index in [0.717, 1.165) is 30.0 Å². The lowest BCUT2D eigenvalue weighted by Gasteiger charge is -2.25. The molecule has 0 atom stereocenters. The van der Waals surface area contributed by atoms with Crippen molar-refractivity contribution in [2.24, 2.45) is 0 Å². The van der Waals surface area contributed by atoms with Crippen LogP contribution in [0.2, 0.25) is 0 Å². The van der Waals surface area contributed by atoms with Crippen LogP contribution in [-0.4, -0.2) is 41.3 Å². The summed E-state index contributed by atoms with van der Waals surface area (Å²) >= 11 is 2.99. The van der Waals surface area contributed by atoms with E-state index in [0.29, 0.717) is 30.3 Å². The molecule has 3 aromatic rings. The van der Waals surface area contributed by atoms with E-state index in [-0.39, 0.29) is 11.8 Å². The Morgan fingerprint density at radius 2 is 2.03 bits per heavy atom. The van der Waals surface area contributed by atoms with E-state index in [1.807, 2.05) is 29.0 Å². The average Bonchev–Trinajstić information content (AvgIpc) is 3.38. The Labute approximate surface area is 177 Å². The molecule has 29 heavy (non-hydrogen) atoms. The average molecular weight is 427 g/mol. The highest BCUT2D eigenvalue weighted by Crippen LogP contribution is 2.28. The second-order valence-electron chi connectivity index (χ2n) is 6.90. The third kappa shape index (κ3) is 5.29. The molecule has 1 aromatic carbocycles. The molecule has 0 unspecified atom stereocenters. The summed E-state index contributed by atoms with van der Waals surface area (Å²) in [5, 5.41) is 10.2. The predicted molar refractivity (Wildman–Crippen MR) is 117 cm³/mol. The van der Waals surface area contributed by atoms with Crippen molar-refractivity contribution in [2.75, 3.05) is 25.0 Å². The van der Waals surface area contributed by atoms with Gasteiger partial charge in [0.25, 0.3) is 5.91 Å². The lowest BCUT2D eigenvalue weighted by molar-refractivity contribution is -0.122. The minimum atomic E-state index is -0.132. The van der Waals surface area contributed by atoms with Crippen molar-refractivity contribution in [3.8, 4) is 0 Å². The van der Waals surface area contributed by atoms with Gasteiger partial charge in [-0.2, -0.15) is 11.3 Å². The van der Waals surface area contributed by atoms with Crippen LogP contribution in [0, 0.1) is 0 Å². The zero-order valence-electron chi connectivity index (χ0n) is 15.9. The summed E-state index contributed by atoms with van der Waals surface area (Å²) in [7, 11) is 0. The molecule has 0 saturated heterocycles. The monoisotopic (exact) mass is 426 g/mol. The summed E-state index contributed by atoms with van der Waals surface area (Å²) in [4.78, 5) is 32.3. The maximum Gasteiger partial charge on any atom is 0.258 e. The number of rotatable bonds is 7. The summed E-state index contributed by atoms with van der Waals surface area (Å²) < 4.78 is 0. The van der Waals surface area contributed by atoms with Gasteiger partial charge in [-0.3, -0.25) is 19.8 Å². The number of fused-ring (bicyclic) bond motifs is 1. The van der Waals surface area contributed by atoms with Crippen molar-refractivity contribution in [1.82, 2.24) is 15.2 Å². The van der Waals surface area contributed by atoms with Crippen molar-refractivity contribution in [3.05, 3.63) is 68.9 Å². The Bertz CT molecular complexity index is 970. The van der Waals surface area contributed by atoms with Crippen LogP contribution in [0.5, 0.6) is 0 Å². The van der Waals surface area contributed by atoms with Gasteiger partial charge in [0, 0.05) is 36.3 Å². The zero-order valence-corrected chi connectivity index (χ0v) is 17.5. The number of anilines is 1. The van der Waals surface area contributed by atoms with Crippen molar-refractivity contribution in [3.63, 3.8) is 0 Å². The van der Waals surface area contributed by atoms with Crippen LogP contribution in [0.15, 0.2) is 47.2 Å². The molecule has 4 rings (SSSR count).